The normalized spacial score (nSPS) is 12.1. The summed E-state index contributed by atoms with van der Waals surface area (Å²) in [7, 11) is 0. The highest BCUT2D eigenvalue weighted by molar-refractivity contribution is 5.36. The summed E-state index contributed by atoms with van der Waals surface area (Å²) in [5.74, 6) is -0.0729. The fourth-order valence-electron chi connectivity index (χ4n) is 1.37. The zero-order valence-corrected chi connectivity index (χ0v) is 8.76. The Kier molecular flexibility index (Phi) is 3.05. The minimum Gasteiger partial charge on any atom is -0.363 e. The second-order valence-electron chi connectivity index (χ2n) is 3.37. The maximum Gasteiger partial charge on any atom is 0.217 e. The molecule has 2 aromatic rings. The van der Waals surface area contributed by atoms with E-state index in [1.54, 1.807) is 12.4 Å². The van der Waals surface area contributed by atoms with E-state index in [1.807, 2.05) is 19.1 Å². The van der Waals surface area contributed by atoms with E-state index in [9.17, 15) is 4.39 Å². The monoisotopic (exact) mass is 218 g/mol. The van der Waals surface area contributed by atoms with Gasteiger partial charge in [0.1, 0.15) is 12.1 Å². The summed E-state index contributed by atoms with van der Waals surface area (Å²) >= 11 is 0. The van der Waals surface area contributed by atoms with Crippen LogP contribution in [-0.2, 0) is 0 Å². The minimum absolute atomic E-state index is 0.0392. The van der Waals surface area contributed by atoms with Gasteiger partial charge in [0.25, 0.3) is 0 Å². The maximum atomic E-state index is 12.8. The summed E-state index contributed by atoms with van der Waals surface area (Å²) in [6.45, 7) is 1.97. The van der Waals surface area contributed by atoms with Crippen LogP contribution in [0.1, 0.15) is 18.5 Å². The summed E-state index contributed by atoms with van der Waals surface area (Å²) in [6.07, 6.45) is 4.62. The van der Waals surface area contributed by atoms with Crippen molar-refractivity contribution in [3.8, 4) is 0 Å². The van der Waals surface area contributed by atoms with Gasteiger partial charge in [-0.15, -0.1) is 0 Å². The Morgan fingerprint density at radius 3 is 2.69 bits per heavy atom. The quantitative estimate of drug-likeness (QED) is 0.802. The molecule has 0 aliphatic carbocycles. The number of nitrogens with one attached hydrogen (secondary N) is 1. The summed E-state index contributed by atoms with van der Waals surface area (Å²) < 4.78 is 12.8. The van der Waals surface area contributed by atoms with Gasteiger partial charge in [0.15, 0.2) is 0 Å². The lowest BCUT2D eigenvalue weighted by Gasteiger charge is -2.14. The van der Waals surface area contributed by atoms with Crippen LogP contribution in [0, 0.1) is 5.95 Å². The van der Waals surface area contributed by atoms with E-state index < -0.39 is 5.95 Å². The lowest BCUT2D eigenvalue weighted by Crippen LogP contribution is -2.08. The lowest BCUT2D eigenvalue weighted by atomic mass is 10.1. The molecule has 1 unspecified atom stereocenters. The molecule has 0 amide bonds. The van der Waals surface area contributed by atoms with E-state index in [-0.39, 0.29) is 6.04 Å². The largest absolute Gasteiger partial charge is 0.363 e. The minimum atomic E-state index is -0.542. The third kappa shape index (κ3) is 2.50. The van der Waals surface area contributed by atoms with Crippen LogP contribution in [0.2, 0.25) is 0 Å². The van der Waals surface area contributed by atoms with Gasteiger partial charge in [-0.3, -0.25) is 4.98 Å². The standard InChI is InChI=1S/C11H11FN4/c1-8(9-2-4-13-5-3-9)16-11-6-10(12)14-7-15-11/h2-8H,1H3,(H,14,15,16). The molecule has 4 nitrogen and oxygen atoms in total. The number of anilines is 1. The molecule has 16 heavy (non-hydrogen) atoms. The van der Waals surface area contributed by atoms with Gasteiger partial charge in [-0.1, -0.05) is 0 Å². The van der Waals surface area contributed by atoms with Crippen LogP contribution in [0.15, 0.2) is 36.9 Å². The Labute approximate surface area is 92.6 Å². The average Bonchev–Trinajstić information content (AvgIpc) is 2.30. The molecule has 1 atom stereocenters. The molecule has 0 radical (unpaired) electrons. The van der Waals surface area contributed by atoms with Crippen LogP contribution in [0.4, 0.5) is 10.2 Å². The molecule has 0 saturated heterocycles. The fourth-order valence-corrected chi connectivity index (χ4v) is 1.37. The number of rotatable bonds is 3. The molecule has 0 aliphatic rings. The summed E-state index contributed by atoms with van der Waals surface area (Å²) in [5, 5.41) is 3.08. The second-order valence-corrected chi connectivity index (χ2v) is 3.37. The topological polar surface area (TPSA) is 50.7 Å². The summed E-state index contributed by atoms with van der Waals surface area (Å²) in [6, 6.07) is 5.10. The van der Waals surface area contributed by atoms with E-state index in [2.05, 4.69) is 20.3 Å². The van der Waals surface area contributed by atoms with Crippen LogP contribution in [0.25, 0.3) is 0 Å². The zero-order chi connectivity index (χ0) is 11.4. The van der Waals surface area contributed by atoms with Gasteiger partial charge in [0, 0.05) is 18.5 Å². The highest BCUT2D eigenvalue weighted by Crippen LogP contribution is 2.16. The number of nitrogens with zero attached hydrogens (tertiary/aromatic N) is 3. The first-order valence-electron chi connectivity index (χ1n) is 4.90. The van der Waals surface area contributed by atoms with E-state index in [0.717, 1.165) is 5.56 Å². The van der Waals surface area contributed by atoms with Crippen molar-refractivity contribution in [1.29, 1.82) is 0 Å². The van der Waals surface area contributed by atoms with E-state index >= 15 is 0 Å². The highest BCUT2D eigenvalue weighted by atomic mass is 19.1. The van der Waals surface area contributed by atoms with E-state index in [4.69, 9.17) is 0 Å². The third-order valence-corrected chi connectivity index (χ3v) is 2.20. The van der Waals surface area contributed by atoms with Crippen molar-refractivity contribution in [3.63, 3.8) is 0 Å². The fraction of sp³-hybridized carbons (Fsp3) is 0.182. The number of hydrogen-bond acceptors (Lipinski definition) is 4. The molecule has 5 heteroatoms. The summed E-state index contributed by atoms with van der Waals surface area (Å²) in [4.78, 5) is 11.3. The smallest absolute Gasteiger partial charge is 0.217 e. The Morgan fingerprint density at radius 1 is 1.25 bits per heavy atom. The number of pyridine rings is 1. The molecular formula is C11H11FN4. The van der Waals surface area contributed by atoms with Gasteiger partial charge >= 0.3 is 0 Å². The average molecular weight is 218 g/mol. The van der Waals surface area contributed by atoms with Crippen LogP contribution in [-0.4, -0.2) is 15.0 Å². The molecule has 0 fully saturated rings. The van der Waals surface area contributed by atoms with Gasteiger partial charge in [0.2, 0.25) is 5.95 Å². The molecule has 2 aromatic heterocycles. The Balaban J connectivity index is 2.11. The number of aromatic nitrogens is 3. The van der Waals surface area contributed by atoms with Crippen molar-refractivity contribution >= 4 is 5.82 Å². The predicted molar refractivity (Wildman–Crippen MR) is 58.3 cm³/mol. The Morgan fingerprint density at radius 2 is 2.00 bits per heavy atom. The van der Waals surface area contributed by atoms with Crippen LogP contribution < -0.4 is 5.32 Å². The SMILES string of the molecule is CC(Nc1cc(F)ncn1)c1ccncc1. The number of hydrogen-bond donors (Lipinski definition) is 1. The molecule has 0 aromatic carbocycles. The third-order valence-electron chi connectivity index (χ3n) is 2.20. The van der Waals surface area contributed by atoms with Crippen molar-refractivity contribution in [2.45, 2.75) is 13.0 Å². The molecule has 0 bridgehead atoms. The highest BCUT2D eigenvalue weighted by Gasteiger charge is 2.05. The van der Waals surface area contributed by atoms with Crippen LogP contribution in [0.5, 0.6) is 0 Å². The predicted octanol–water partition coefficient (Wildman–Crippen LogP) is 2.18. The van der Waals surface area contributed by atoms with Gasteiger partial charge in [-0.05, 0) is 24.6 Å². The molecule has 2 rings (SSSR count). The summed E-state index contributed by atoms with van der Waals surface area (Å²) in [5.41, 5.74) is 1.06. The molecule has 82 valence electrons. The van der Waals surface area contributed by atoms with Gasteiger partial charge in [0.05, 0.1) is 6.04 Å². The molecule has 2 heterocycles. The first-order valence-corrected chi connectivity index (χ1v) is 4.90. The van der Waals surface area contributed by atoms with Gasteiger partial charge in [-0.25, -0.2) is 9.97 Å². The Hall–Kier alpha value is -2.04. The molecule has 0 aliphatic heterocycles. The molecule has 0 spiro atoms. The van der Waals surface area contributed by atoms with Crippen LogP contribution in [0.3, 0.4) is 0 Å². The maximum absolute atomic E-state index is 12.8. The molecule has 1 N–H and O–H groups in total. The van der Waals surface area contributed by atoms with Crippen LogP contribution >= 0.6 is 0 Å². The van der Waals surface area contributed by atoms with Gasteiger partial charge in [-0.2, -0.15) is 4.39 Å². The van der Waals surface area contributed by atoms with Crippen molar-refractivity contribution in [2.24, 2.45) is 0 Å². The number of halogens is 1. The van der Waals surface area contributed by atoms with Crippen molar-refractivity contribution in [3.05, 3.63) is 48.4 Å². The van der Waals surface area contributed by atoms with Crippen molar-refractivity contribution in [1.82, 2.24) is 15.0 Å². The van der Waals surface area contributed by atoms with Crippen molar-refractivity contribution in [2.75, 3.05) is 5.32 Å². The molecular weight excluding hydrogens is 207 g/mol. The van der Waals surface area contributed by atoms with Gasteiger partial charge < -0.3 is 5.32 Å². The lowest BCUT2D eigenvalue weighted by molar-refractivity contribution is 0.579. The second kappa shape index (κ2) is 4.65. The zero-order valence-electron chi connectivity index (χ0n) is 8.76. The molecule has 0 saturated carbocycles. The first-order chi connectivity index (χ1) is 7.75. The van der Waals surface area contributed by atoms with Crippen molar-refractivity contribution < 1.29 is 4.39 Å². The van der Waals surface area contributed by atoms with E-state index in [1.165, 1.54) is 12.4 Å². The van der Waals surface area contributed by atoms with E-state index in [0.29, 0.717) is 5.82 Å². The first kappa shape index (κ1) is 10.5. The Bertz CT molecular complexity index is 461.